The smallest absolute Gasteiger partial charge is 0.347 e. The van der Waals surface area contributed by atoms with Crippen LogP contribution in [0.15, 0.2) is 45.7 Å². The standard InChI is InChI=1S/C17H17N3O3/c1-10(2)19-14(21)9-20-8-7-12-11-5-3-4-6-13(11)23-17(22)15(12)16(20)18/h3-8,10,18H,9H2,1-2H3,(H,19,21). The predicted octanol–water partition coefficient (Wildman–Crippen LogP) is 1.75. The lowest BCUT2D eigenvalue weighted by atomic mass is 10.1. The molecular weight excluding hydrogens is 294 g/mol. The fourth-order valence-corrected chi connectivity index (χ4v) is 2.61. The number of benzene rings is 1. The average Bonchev–Trinajstić information content (AvgIpc) is 2.49. The van der Waals surface area contributed by atoms with Crippen LogP contribution in [-0.4, -0.2) is 16.5 Å². The van der Waals surface area contributed by atoms with Gasteiger partial charge in [-0.15, -0.1) is 0 Å². The van der Waals surface area contributed by atoms with Crippen LogP contribution in [0.1, 0.15) is 13.8 Å². The van der Waals surface area contributed by atoms with Crippen LogP contribution in [0.25, 0.3) is 21.7 Å². The van der Waals surface area contributed by atoms with E-state index in [-0.39, 0.29) is 29.4 Å². The molecule has 3 rings (SSSR count). The van der Waals surface area contributed by atoms with Gasteiger partial charge < -0.3 is 14.3 Å². The molecule has 2 N–H and O–H groups in total. The highest BCUT2D eigenvalue weighted by atomic mass is 16.4. The topological polar surface area (TPSA) is 88.1 Å². The molecule has 1 amide bonds. The molecule has 2 aromatic heterocycles. The lowest BCUT2D eigenvalue weighted by Crippen LogP contribution is -2.36. The lowest BCUT2D eigenvalue weighted by molar-refractivity contribution is -0.122. The van der Waals surface area contributed by atoms with E-state index < -0.39 is 5.63 Å². The number of hydrogen-bond acceptors (Lipinski definition) is 4. The number of para-hydroxylation sites is 1. The molecule has 0 saturated carbocycles. The molecule has 3 aromatic rings. The number of amides is 1. The van der Waals surface area contributed by atoms with E-state index >= 15 is 0 Å². The third kappa shape index (κ3) is 2.75. The highest BCUT2D eigenvalue weighted by molar-refractivity contribution is 6.03. The van der Waals surface area contributed by atoms with E-state index in [9.17, 15) is 9.59 Å². The normalized spacial score (nSPS) is 11.3. The maximum atomic E-state index is 12.2. The molecule has 2 heterocycles. The Bertz CT molecular complexity index is 1010. The minimum absolute atomic E-state index is 0.0147. The summed E-state index contributed by atoms with van der Waals surface area (Å²) in [5, 5.41) is 12.6. The van der Waals surface area contributed by atoms with Crippen LogP contribution in [0.4, 0.5) is 0 Å². The zero-order valence-corrected chi connectivity index (χ0v) is 12.9. The van der Waals surface area contributed by atoms with E-state index in [1.54, 1.807) is 24.4 Å². The molecule has 0 aliphatic carbocycles. The molecule has 0 aliphatic rings. The molecule has 6 nitrogen and oxygen atoms in total. The minimum Gasteiger partial charge on any atom is -0.422 e. The van der Waals surface area contributed by atoms with Crippen molar-refractivity contribution in [3.8, 4) is 0 Å². The third-order valence-corrected chi connectivity index (χ3v) is 3.56. The lowest BCUT2D eigenvalue weighted by Gasteiger charge is -2.11. The van der Waals surface area contributed by atoms with Crippen LogP contribution >= 0.6 is 0 Å². The van der Waals surface area contributed by atoms with Crippen molar-refractivity contribution in [3.63, 3.8) is 0 Å². The van der Waals surface area contributed by atoms with Crippen molar-refractivity contribution >= 4 is 27.6 Å². The van der Waals surface area contributed by atoms with Gasteiger partial charge in [-0.05, 0) is 26.0 Å². The molecule has 0 atom stereocenters. The summed E-state index contributed by atoms with van der Waals surface area (Å²) in [6, 6.07) is 8.97. The Morgan fingerprint density at radius 1 is 1.26 bits per heavy atom. The molecular formula is C17H17N3O3. The van der Waals surface area contributed by atoms with Crippen molar-refractivity contribution in [1.82, 2.24) is 9.88 Å². The first-order valence-corrected chi connectivity index (χ1v) is 7.36. The number of nitrogens with zero attached hydrogens (tertiary/aromatic N) is 1. The van der Waals surface area contributed by atoms with Crippen molar-refractivity contribution < 1.29 is 9.21 Å². The first-order chi connectivity index (χ1) is 11.0. The maximum absolute atomic E-state index is 12.2. The number of hydrogen-bond donors (Lipinski definition) is 2. The maximum Gasteiger partial charge on any atom is 0.347 e. The summed E-state index contributed by atoms with van der Waals surface area (Å²) in [5.41, 5.74) is -0.108. The quantitative estimate of drug-likeness (QED) is 0.570. The zero-order valence-electron chi connectivity index (χ0n) is 12.9. The van der Waals surface area contributed by atoms with Crippen molar-refractivity contribution in [3.05, 3.63) is 52.4 Å². The van der Waals surface area contributed by atoms with Gasteiger partial charge in [-0.2, -0.15) is 0 Å². The summed E-state index contributed by atoms with van der Waals surface area (Å²) in [7, 11) is 0. The number of fused-ring (bicyclic) bond motifs is 3. The fraction of sp³-hybridized carbons (Fsp3) is 0.235. The second-order valence-corrected chi connectivity index (χ2v) is 5.69. The molecule has 0 aliphatic heterocycles. The number of carbonyl (C=O) groups excluding carboxylic acids is 1. The molecule has 0 bridgehead atoms. The monoisotopic (exact) mass is 311 g/mol. The van der Waals surface area contributed by atoms with Gasteiger partial charge in [0.15, 0.2) is 0 Å². The Morgan fingerprint density at radius 2 is 2.00 bits per heavy atom. The third-order valence-electron chi connectivity index (χ3n) is 3.56. The van der Waals surface area contributed by atoms with Gasteiger partial charge >= 0.3 is 5.63 Å². The van der Waals surface area contributed by atoms with Crippen molar-refractivity contribution in [2.75, 3.05) is 0 Å². The van der Waals surface area contributed by atoms with E-state index in [1.807, 2.05) is 26.0 Å². The predicted molar refractivity (Wildman–Crippen MR) is 87.1 cm³/mol. The summed E-state index contributed by atoms with van der Waals surface area (Å²) >= 11 is 0. The van der Waals surface area contributed by atoms with Crippen molar-refractivity contribution in [1.29, 1.82) is 5.41 Å². The number of rotatable bonds is 3. The number of aromatic nitrogens is 1. The molecule has 0 radical (unpaired) electrons. The summed E-state index contributed by atoms with van der Waals surface area (Å²) in [5.74, 6) is -0.206. The summed E-state index contributed by atoms with van der Waals surface area (Å²) in [4.78, 5) is 24.1. The number of pyridine rings is 1. The Labute approximate surface area is 131 Å². The van der Waals surface area contributed by atoms with Crippen LogP contribution < -0.4 is 16.4 Å². The van der Waals surface area contributed by atoms with Crippen molar-refractivity contribution in [2.24, 2.45) is 0 Å². The van der Waals surface area contributed by atoms with Gasteiger partial charge in [-0.3, -0.25) is 10.2 Å². The highest BCUT2D eigenvalue weighted by Gasteiger charge is 2.12. The SMILES string of the molecule is CC(C)NC(=O)Cn1ccc2c(c(=O)oc3ccccc32)c1=N. The van der Waals surface area contributed by atoms with Crippen LogP contribution in [-0.2, 0) is 11.3 Å². The molecule has 0 fully saturated rings. The van der Waals surface area contributed by atoms with E-state index in [0.717, 1.165) is 5.39 Å². The molecule has 118 valence electrons. The van der Waals surface area contributed by atoms with Crippen LogP contribution in [0.3, 0.4) is 0 Å². The molecule has 6 heteroatoms. The molecule has 0 saturated heterocycles. The molecule has 23 heavy (non-hydrogen) atoms. The highest BCUT2D eigenvalue weighted by Crippen LogP contribution is 2.20. The van der Waals surface area contributed by atoms with Gasteiger partial charge in [-0.1, -0.05) is 18.2 Å². The van der Waals surface area contributed by atoms with Crippen LogP contribution in [0.2, 0.25) is 0 Å². The van der Waals surface area contributed by atoms with Crippen molar-refractivity contribution in [2.45, 2.75) is 26.4 Å². The van der Waals surface area contributed by atoms with Gasteiger partial charge in [0, 0.05) is 23.0 Å². The Morgan fingerprint density at radius 3 is 2.74 bits per heavy atom. The first kappa shape index (κ1) is 15.0. The van der Waals surface area contributed by atoms with Gasteiger partial charge in [-0.25, -0.2) is 4.79 Å². The van der Waals surface area contributed by atoms with Crippen LogP contribution in [0.5, 0.6) is 0 Å². The number of carbonyl (C=O) groups is 1. The second kappa shape index (κ2) is 5.72. The van der Waals surface area contributed by atoms with Gasteiger partial charge in [0.25, 0.3) is 0 Å². The van der Waals surface area contributed by atoms with Gasteiger partial charge in [0.2, 0.25) is 5.91 Å². The largest absolute Gasteiger partial charge is 0.422 e. The summed E-state index contributed by atoms with van der Waals surface area (Å²) < 4.78 is 6.73. The van der Waals surface area contributed by atoms with E-state index in [1.165, 1.54) is 4.57 Å². The zero-order chi connectivity index (χ0) is 16.6. The summed E-state index contributed by atoms with van der Waals surface area (Å²) in [6.45, 7) is 3.72. The molecule has 0 unspecified atom stereocenters. The van der Waals surface area contributed by atoms with E-state index in [0.29, 0.717) is 11.0 Å². The van der Waals surface area contributed by atoms with E-state index in [4.69, 9.17) is 9.83 Å². The summed E-state index contributed by atoms with van der Waals surface area (Å²) in [6.07, 6.45) is 1.65. The number of nitrogens with one attached hydrogen (secondary N) is 2. The van der Waals surface area contributed by atoms with Crippen LogP contribution in [0, 0.1) is 5.41 Å². The van der Waals surface area contributed by atoms with E-state index in [2.05, 4.69) is 5.32 Å². The Hall–Kier alpha value is -2.89. The molecule has 0 spiro atoms. The Balaban J connectivity index is 2.18. The Kier molecular flexibility index (Phi) is 3.73. The first-order valence-electron chi connectivity index (χ1n) is 7.36. The van der Waals surface area contributed by atoms with Gasteiger partial charge in [0.1, 0.15) is 23.0 Å². The van der Waals surface area contributed by atoms with Gasteiger partial charge in [0.05, 0.1) is 0 Å². The fourth-order valence-electron chi connectivity index (χ4n) is 2.61. The minimum atomic E-state index is -0.567. The molecule has 1 aromatic carbocycles. The second-order valence-electron chi connectivity index (χ2n) is 5.69. The average molecular weight is 311 g/mol.